The SMILES string of the molecule is CN1CCC[C@H]1C(=O)NCc1nc2ccc(-c3c[nH]c4cc(F)ccc34)cc2o1. The minimum absolute atomic E-state index is 0.0129. The van der Waals surface area contributed by atoms with E-state index in [1.165, 1.54) is 12.1 Å². The number of hydrogen-bond acceptors (Lipinski definition) is 4. The summed E-state index contributed by atoms with van der Waals surface area (Å²) in [4.78, 5) is 22.0. The van der Waals surface area contributed by atoms with Crippen LogP contribution in [-0.2, 0) is 11.3 Å². The molecule has 1 amide bonds. The number of fused-ring (bicyclic) bond motifs is 2. The van der Waals surface area contributed by atoms with Crippen LogP contribution < -0.4 is 5.32 Å². The Kier molecular flexibility index (Phi) is 4.32. The summed E-state index contributed by atoms with van der Waals surface area (Å²) in [5.41, 5.74) is 4.06. The number of oxazole rings is 1. The molecule has 0 aliphatic carbocycles. The van der Waals surface area contributed by atoms with Gasteiger partial charge in [-0.15, -0.1) is 0 Å². The predicted octanol–water partition coefficient (Wildman–Crippen LogP) is 3.83. The van der Waals surface area contributed by atoms with Crippen molar-refractivity contribution in [3.8, 4) is 11.1 Å². The maximum absolute atomic E-state index is 13.4. The highest BCUT2D eigenvalue weighted by molar-refractivity contribution is 5.97. The molecular weight excluding hydrogens is 371 g/mol. The first kappa shape index (κ1) is 17.9. The molecule has 148 valence electrons. The van der Waals surface area contributed by atoms with Gasteiger partial charge in [-0.05, 0) is 62.3 Å². The van der Waals surface area contributed by atoms with Crippen LogP contribution in [0.25, 0.3) is 33.1 Å². The highest BCUT2D eigenvalue weighted by atomic mass is 19.1. The topological polar surface area (TPSA) is 74.2 Å². The van der Waals surface area contributed by atoms with Gasteiger partial charge in [0.1, 0.15) is 11.3 Å². The number of aromatic amines is 1. The molecule has 7 heteroatoms. The number of rotatable bonds is 4. The Morgan fingerprint density at radius 3 is 3.07 bits per heavy atom. The van der Waals surface area contributed by atoms with E-state index in [-0.39, 0.29) is 24.3 Å². The molecule has 1 aliphatic heterocycles. The highest BCUT2D eigenvalue weighted by Gasteiger charge is 2.27. The van der Waals surface area contributed by atoms with Gasteiger partial charge in [0, 0.05) is 22.7 Å². The number of carbonyl (C=O) groups excluding carboxylic acids is 1. The average Bonchev–Trinajstić information content (AvgIpc) is 3.42. The third-order valence-corrected chi connectivity index (χ3v) is 5.62. The van der Waals surface area contributed by atoms with Crippen LogP contribution in [0.1, 0.15) is 18.7 Å². The summed E-state index contributed by atoms with van der Waals surface area (Å²) in [5, 5.41) is 3.87. The second-order valence-electron chi connectivity index (χ2n) is 7.54. The summed E-state index contributed by atoms with van der Waals surface area (Å²) in [6, 6.07) is 10.4. The van der Waals surface area contributed by atoms with Crippen molar-refractivity contribution in [2.45, 2.75) is 25.4 Å². The van der Waals surface area contributed by atoms with Crippen LogP contribution >= 0.6 is 0 Å². The van der Waals surface area contributed by atoms with Crippen LogP contribution in [0.5, 0.6) is 0 Å². The van der Waals surface area contributed by atoms with Crippen LogP contribution in [0.3, 0.4) is 0 Å². The van der Waals surface area contributed by atoms with E-state index in [0.717, 1.165) is 46.9 Å². The summed E-state index contributed by atoms with van der Waals surface area (Å²) in [6.07, 6.45) is 3.79. The van der Waals surface area contributed by atoms with Gasteiger partial charge in [0.05, 0.1) is 12.6 Å². The Bertz CT molecular complexity index is 1210. The van der Waals surface area contributed by atoms with E-state index in [2.05, 4.69) is 20.2 Å². The molecule has 5 rings (SSSR count). The van der Waals surface area contributed by atoms with Crippen molar-refractivity contribution < 1.29 is 13.6 Å². The summed E-state index contributed by atoms with van der Waals surface area (Å²) in [7, 11) is 1.97. The Morgan fingerprint density at radius 1 is 1.34 bits per heavy atom. The lowest BCUT2D eigenvalue weighted by molar-refractivity contribution is -0.125. The van der Waals surface area contributed by atoms with E-state index in [0.29, 0.717) is 11.5 Å². The molecule has 0 bridgehead atoms. The number of nitrogens with zero attached hydrogens (tertiary/aromatic N) is 2. The normalized spacial score (nSPS) is 17.4. The van der Waals surface area contributed by atoms with Crippen molar-refractivity contribution in [3.63, 3.8) is 0 Å². The standard InChI is InChI=1S/C22H21FN4O2/c1-27-8-2-3-19(27)22(28)25-12-21-26-17-7-4-13(9-20(17)29-21)16-11-24-18-10-14(23)5-6-15(16)18/h4-7,9-11,19,24H,2-3,8,12H2,1H3,(H,25,28)/t19-/m0/s1. The molecule has 4 aromatic rings. The number of benzene rings is 2. The van der Waals surface area contributed by atoms with E-state index >= 15 is 0 Å². The molecule has 0 saturated carbocycles. The zero-order valence-electron chi connectivity index (χ0n) is 16.0. The van der Waals surface area contributed by atoms with E-state index in [9.17, 15) is 9.18 Å². The second-order valence-corrected chi connectivity index (χ2v) is 7.54. The average molecular weight is 392 g/mol. The van der Waals surface area contributed by atoms with Gasteiger partial charge >= 0.3 is 0 Å². The minimum atomic E-state index is -0.271. The molecule has 2 aromatic carbocycles. The number of amides is 1. The van der Waals surface area contributed by atoms with Gasteiger partial charge in [-0.2, -0.15) is 0 Å². The zero-order valence-corrected chi connectivity index (χ0v) is 16.0. The van der Waals surface area contributed by atoms with Gasteiger partial charge < -0.3 is 14.7 Å². The fourth-order valence-electron chi connectivity index (χ4n) is 4.07. The second kappa shape index (κ2) is 7.00. The molecule has 1 aliphatic rings. The summed E-state index contributed by atoms with van der Waals surface area (Å²) in [6.45, 7) is 1.21. The minimum Gasteiger partial charge on any atom is -0.439 e. The molecule has 0 spiro atoms. The largest absolute Gasteiger partial charge is 0.439 e. The molecule has 0 unspecified atom stereocenters. The number of likely N-dealkylation sites (N-methyl/N-ethyl adjacent to an activating group) is 1. The zero-order chi connectivity index (χ0) is 20.0. The molecule has 29 heavy (non-hydrogen) atoms. The number of halogens is 1. The Labute approximate surface area is 166 Å². The van der Waals surface area contributed by atoms with Crippen molar-refractivity contribution in [2.75, 3.05) is 13.6 Å². The number of nitrogens with one attached hydrogen (secondary N) is 2. The van der Waals surface area contributed by atoms with E-state index < -0.39 is 0 Å². The Hall–Kier alpha value is -3.19. The van der Waals surface area contributed by atoms with E-state index in [1.807, 2.05) is 31.4 Å². The maximum Gasteiger partial charge on any atom is 0.237 e. The third kappa shape index (κ3) is 3.27. The third-order valence-electron chi connectivity index (χ3n) is 5.62. The molecule has 3 heterocycles. The van der Waals surface area contributed by atoms with Crippen LogP contribution in [0.4, 0.5) is 4.39 Å². The number of hydrogen-bond donors (Lipinski definition) is 2. The van der Waals surface area contributed by atoms with Gasteiger partial charge in [0.2, 0.25) is 11.8 Å². The van der Waals surface area contributed by atoms with Gasteiger partial charge in [-0.3, -0.25) is 9.69 Å². The number of likely N-dealkylation sites (tertiary alicyclic amines) is 1. The quantitative estimate of drug-likeness (QED) is 0.554. The molecule has 1 saturated heterocycles. The molecule has 2 aromatic heterocycles. The van der Waals surface area contributed by atoms with Crippen molar-refractivity contribution in [1.82, 2.24) is 20.2 Å². The molecule has 1 fully saturated rings. The van der Waals surface area contributed by atoms with Crippen LogP contribution in [0.2, 0.25) is 0 Å². The Morgan fingerprint density at radius 2 is 2.24 bits per heavy atom. The first-order chi connectivity index (χ1) is 14.1. The van der Waals surface area contributed by atoms with Gasteiger partial charge in [0.25, 0.3) is 0 Å². The lowest BCUT2D eigenvalue weighted by atomic mass is 10.0. The van der Waals surface area contributed by atoms with Crippen LogP contribution in [0.15, 0.2) is 47.0 Å². The van der Waals surface area contributed by atoms with Crippen LogP contribution in [0, 0.1) is 5.82 Å². The fourth-order valence-corrected chi connectivity index (χ4v) is 4.07. The maximum atomic E-state index is 13.4. The molecule has 2 N–H and O–H groups in total. The Balaban J connectivity index is 1.38. The van der Waals surface area contributed by atoms with Crippen molar-refractivity contribution >= 4 is 27.9 Å². The van der Waals surface area contributed by atoms with Gasteiger partial charge in [0.15, 0.2) is 5.58 Å². The van der Waals surface area contributed by atoms with E-state index in [4.69, 9.17) is 4.42 Å². The van der Waals surface area contributed by atoms with E-state index in [1.54, 1.807) is 6.07 Å². The van der Waals surface area contributed by atoms with Gasteiger partial charge in [-0.1, -0.05) is 6.07 Å². The number of H-pyrrole nitrogens is 1. The first-order valence-electron chi connectivity index (χ1n) is 9.73. The molecule has 6 nitrogen and oxygen atoms in total. The summed E-state index contributed by atoms with van der Waals surface area (Å²) in [5.74, 6) is 0.221. The lowest BCUT2D eigenvalue weighted by Crippen LogP contribution is -2.41. The number of aromatic nitrogens is 2. The summed E-state index contributed by atoms with van der Waals surface area (Å²) < 4.78 is 19.3. The highest BCUT2D eigenvalue weighted by Crippen LogP contribution is 2.31. The first-order valence-corrected chi connectivity index (χ1v) is 9.73. The van der Waals surface area contributed by atoms with Crippen molar-refractivity contribution in [3.05, 3.63) is 54.3 Å². The molecular formula is C22H21FN4O2. The monoisotopic (exact) mass is 392 g/mol. The van der Waals surface area contributed by atoms with Crippen molar-refractivity contribution in [2.24, 2.45) is 0 Å². The predicted molar refractivity (Wildman–Crippen MR) is 109 cm³/mol. The van der Waals surface area contributed by atoms with Gasteiger partial charge in [-0.25, -0.2) is 9.37 Å². The van der Waals surface area contributed by atoms with Crippen molar-refractivity contribution in [1.29, 1.82) is 0 Å². The smallest absolute Gasteiger partial charge is 0.237 e. The number of carbonyl (C=O) groups is 1. The lowest BCUT2D eigenvalue weighted by Gasteiger charge is -2.17. The molecule has 0 radical (unpaired) electrons. The van der Waals surface area contributed by atoms with Crippen LogP contribution in [-0.4, -0.2) is 40.4 Å². The molecule has 1 atom stereocenters. The fraction of sp³-hybridized carbons (Fsp3) is 0.273. The summed E-state index contributed by atoms with van der Waals surface area (Å²) >= 11 is 0.